The fraction of sp³-hybridized carbons (Fsp3) is 0.488. The van der Waals surface area contributed by atoms with Crippen molar-refractivity contribution in [1.29, 1.82) is 0 Å². The second-order valence-corrected chi connectivity index (χ2v) is 15.4. The molecule has 0 radical (unpaired) electrons. The number of benzene rings is 2. The van der Waals surface area contributed by atoms with E-state index in [0.29, 0.717) is 37.1 Å². The molecule has 2 aliphatic heterocycles. The summed E-state index contributed by atoms with van der Waals surface area (Å²) >= 11 is 0. The van der Waals surface area contributed by atoms with Crippen molar-refractivity contribution < 1.29 is 23.5 Å². The van der Waals surface area contributed by atoms with E-state index in [-0.39, 0.29) is 29.4 Å². The zero-order valence-corrected chi connectivity index (χ0v) is 32.9. The van der Waals surface area contributed by atoms with Gasteiger partial charge < -0.3 is 25.0 Å². The molecule has 1 saturated carbocycles. The summed E-state index contributed by atoms with van der Waals surface area (Å²) in [6.45, 7) is 14.6. The Morgan fingerprint density at radius 3 is 2.25 bits per heavy atom. The molecule has 0 unspecified atom stereocenters. The number of morpholine rings is 1. The van der Waals surface area contributed by atoms with Crippen molar-refractivity contribution >= 4 is 11.8 Å². The Hall–Kier alpha value is -4.69. The lowest BCUT2D eigenvalue weighted by Crippen LogP contribution is -2.46. The third-order valence-electron chi connectivity index (χ3n) is 11.2. The summed E-state index contributed by atoms with van der Waals surface area (Å²) in [6.07, 6.45) is 4.99. The van der Waals surface area contributed by atoms with E-state index in [2.05, 4.69) is 66.6 Å². The van der Waals surface area contributed by atoms with Crippen LogP contribution in [-0.2, 0) is 24.9 Å². The number of halogens is 1. The average Bonchev–Trinajstić information content (AvgIpc) is 3.55. The van der Waals surface area contributed by atoms with Gasteiger partial charge in [0.25, 0.3) is 11.8 Å². The van der Waals surface area contributed by atoms with E-state index in [1.54, 1.807) is 10.7 Å². The number of carbonyl (C=O) groups is 2. The Morgan fingerprint density at radius 2 is 1.55 bits per heavy atom. The molecule has 0 spiro atoms. The van der Waals surface area contributed by atoms with Gasteiger partial charge in [-0.2, -0.15) is 5.10 Å². The average molecular weight is 767 g/mol. The Balaban J connectivity index is 1.02. The fourth-order valence-electron chi connectivity index (χ4n) is 7.99. The molecule has 298 valence electrons. The van der Waals surface area contributed by atoms with Gasteiger partial charge >= 0.3 is 0 Å². The Kier molecular flexibility index (Phi) is 13.1. The molecule has 7 rings (SSSR count). The molecule has 13 heteroatoms. The van der Waals surface area contributed by atoms with Gasteiger partial charge in [0.15, 0.2) is 0 Å². The highest BCUT2D eigenvalue weighted by Crippen LogP contribution is 2.32. The van der Waals surface area contributed by atoms with Gasteiger partial charge in [0.2, 0.25) is 5.88 Å². The molecule has 0 atom stereocenters. The molecule has 3 aliphatic rings. The maximum absolute atomic E-state index is 14.6. The first-order valence-corrected chi connectivity index (χ1v) is 20.1. The van der Waals surface area contributed by atoms with Crippen LogP contribution in [-0.4, -0.2) is 112 Å². The topological polar surface area (TPSA) is 117 Å². The molecular formula is C43H55FN8O4. The zero-order valence-electron chi connectivity index (χ0n) is 32.9. The minimum atomic E-state index is -0.622. The van der Waals surface area contributed by atoms with Crippen LogP contribution in [0.4, 0.5) is 4.39 Å². The summed E-state index contributed by atoms with van der Waals surface area (Å²) in [5, 5.41) is 10.4. The highest BCUT2D eigenvalue weighted by atomic mass is 19.1. The van der Waals surface area contributed by atoms with Crippen molar-refractivity contribution in [2.45, 2.75) is 71.1 Å². The standard InChI is InChI=1S/C43H55FN8O4/c1-4-14-50-15-17-51(18-16-50)28-31-8-13-38(33(24-31)29-52-19-21-55-22-20-52)32-6-5-7-37(25-32)56-43-39(26-34(44)27-45-43)41(53)46-35-9-11-36(12-10-35)47-42(54)40-23-30(2)49(3)48-40/h5-8,13,23-27,35-36H,4,9-12,14-22,28-29H2,1-3H3,(H,46,53)(H,47,54). The van der Waals surface area contributed by atoms with Crippen LogP contribution in [0, 0.1) is 12.7 Å². The van der Waals surface area contributed by atoms with Crippen molar-refractivity contribution in [3.8, 4) is 22.8 Å². The van der Waals surface area contributed by atoms with E-state index in [9.17, 15) is 14.0 Å². The minimum absolute atomic E-state index is 0.0166. The van der Waals surface area contributed by atoms with E-state index in [0.717, 1.165) is 88.6 Å². The molecule has 4 aromatic rings. The number of carbonyl (C=O) groups excluding carboxylic acids is 2. The van der Waals surface area contributed by atoms with E-state index in [4.69, 9.17) is 9.47 Å². The second-order valence-electron chi connectivity index (χ2n) is 15.4. The molecule has 2 saturated heterocycles. The quantitative estimate of drug-likeness (QED) is 0.181. The largest absolute Gasteiger partial charge is 0.438 e. The Labute approximate surface area is 329 Å². The van der Waals surface area contributed by atoms with Crippen molar-refractivity contribution in [3.05, 3.63) is 94.7 Å². The number of nitrogens with one attached hydrogen (secondary N) is 2. The first-order chi connectivity index (χ1) is 27.2. The molecule has 1 aliphatic carbocycles. The SMILES string of the molecule is CCCN1CCN(Cc2ccc(-c3cccc(Oc4ncc(F)cc4C(=O)NC4CCC(NC(=O)c5cc(C)n(C)n5)CC4)c3)c(CN3CCOCC3)c2)CC1. The highest BCUT2D eigenvalue weighted by Gasteiger charge is 2.27. The van der Waals surface area contributed by atoms with Gasteiger partial charge in [-0.1, -0.05) is 37.3 Å². The lowest BCUT2D eigenvalue weighted by atomic mass is 9.91. The van der Waals surface area contributed by atoms with Crippen molar-refractivity contribution in [2.75, 3.05) is 59.0 Å². The number of hydrogen-bond acceptors (Lipinski definition) is 9. The summed E-state index contributed by atoms with van der Waals surface area (Å²) in [7, 11) is 1.81. The predicted molar refractivity (Wildman–Crippen MR) is 213 cm³/mol. The molecule has 2 amide bonds. The number of ether oxygens (including phenoxy) is 2. The van der Waals surface area contributed by atoms with Gasteiger partial charge in [-0.15, -0.1) is 0 Å². The molecule has 12 nitrogen and oxygen atoms in total. The lowest BCUT2D eigenvalue weighted by Gasteiger charge is -2.34. The van der Waals surface area contributed by atoms with Crippen LogP contribution in [0.1, 0.15) is 76.7 Å². The van der Waals surface area contributed by atoms with Gasteiger partial charge in [0, 0.05) is 77.2 Å². The number of nitrogens with zero attached hydrogens (tertiary/aromatic N) is 6. The van der Waals surface area contributed by atoms with Gasteiger partial charge in [-0.3, -0.25) is 24.1 Å². The van der Waals surface area contributed by atoms with Crippen LogP contribution in [0.5, 0.6) is 11.6 Å². The smallest absolute Gasteiger partial charge is 0.272 e. The van der Waals surface area contributed by atoms with Crippen LogP contribution >= 0.6 is 0 Å². The molecule has 2 aromatic carbocycles. The fourth-order valence-corrected chi connectivity index (χ4v) is 7.99. The Bertz CT molecular complexity index is 1950. The predicted octanol–water partition coefficient (Wildman–Crippen LogP) is 5.55. The van der Waals surface area contributed by atoms with Crippen LogP contribution in [0.25, 0.3) is 11.1 Å². The highest BCUT2D eigenvalue weighted by molar-refractivity contribution is 5.96. The summed E-state index contributed by atoms with van der Waals surface area (Å²) in [5.41, 5.74) is 5.98. The van der Waals surface area contributed by atoms with Gasteiger partial charge in [0.05, 0.1) is 19.4 Å². The van der Waals surface area contributed by atoms with Gasteiger partial charge in [-0.25, -0.2) is 9.37 Å². The Morgan fingerprint density at radius 1 is 0.857 bits per heavy atom. The zero-order chi connectivity index (χ0) is 39.0. The minimum Gasteiger partial charge on any atom is -0.438 e. The molecule has 2 N–H and O–H groups in total. The monoisotopic (exact) mass is 766 g/mol. The van der Waals surface area contributed by atoms with Crippen LogP contribution in [0.15, 0.2) is 60.8 Å². The number of aromatic nitrogens is 3. The first kappa shape index (κ1) is 39.5. The summed E-state index contributed by atoms with van der Waals surface area (Å²) < 4.78 is 28.1. The summed E-state index contributed by atoms with van der Waals surface area (Å²) in [5.74, 6) is -0.732. The number of amides is 2. The van der Waals surface area contributed by atoms with Gasteiger partial charge in [-0.05, 0) is 92.1 Å². The molecule has 2 aromatic heterocycles. The molecule has 0 bridgehead atoms. The van der Waals surface area contributed by atoms with E-state index < -0.39 is 11.7 Å². The van der Waals surface area contributed by atoms with E-state index >= 15 is 0 Å². The maximum atomic E-state index is 14.6. The summed E-state index contributed by atoms with van der Waals surface area (Å²) in [4.78, 5) is 38.1. The normalized spacial score (nSPS) is 19.8. The van der Waals surface area contributed by atoms with Crippen LogP contribution in [0.2, 0.25) is 0 Å². The van der Waals surface area contributed by atoms with E-state index in [1.807, 2.05) is 32.2 Å². The number of pyridine rings is 1. The lowest BCUT2D eigenvalue weighted by molar-refractivity contribution is 0.0342. The van der Waals surface area contributed by atoms with Crippen molar-refractivity contribution in [2.24, 2.45) is 7.05 Å². The first-order valence-electron chi connectivity index (χ1n) is 20.1. The molecule has 56 heavy (non-hydrogen) atoms. The molecule has 4 heterocycles. The molecule has 3 fully saturated rings. The molecular weight excluding hydrogens is 712 g/mol. The number of aryl methyl sites for hydroxylation is 2. The van der Waals surface area contributed by atoms with Crippen LogP contribution in [0.3, 0.4) is 0 Å². The third kappa shape index (κ3) is 10.2. The van der Waals surface area contributed by atoms with Crippen molar-refractivity contribution in [1.82, 2.24) is 40.1 Å². The number of piperazine rings is 1. The second kappa shape index (κ2) is 18.5. The third-order valence-corrected chi connectivity index (χ3v) is 11.2. The number of hydrogen-bond donors (Lipinski definition) is 2. The van der Waals surface area contributed by atoms with E-state index in [1.165, 1.54) is 30.2 Å². The van der Waals surface area contributed by atoms with Gasteiger partial charge in [0.1, 0.15) is 22.8 Å². The van der Waals surface area contributed by atoms with Crippen molar-refractivity contribution in [3.63, 3.8) is 0 Å². The maximum Gasteiger partial charge on any atom is 0.272 e. The number of rotatable bonds is 13. The summed E-state index contributed by atoms with van der Waals surface area (Å²) in [6, 6.07) is 17.4. The van der Waals surface area contributed by atoms with Crippen LogP contribution < -0.4 is 15.4 Å².